The van der Waals surface area contributed by atoms with E-state index < -0.39 is 21.0 Å². The van der Waals surface area contributed by atoms with Gasteiger partial charge < -0.3 is 9.66 Å². The zero-order valence-electron chi connectivity index (χ0n) is 8.00. The van der Waals surface area contributed by atoms with Crippen molar-refractivity contribution >= 4 is 16.1 Å². The number of benzene rings is 1. The number of rotatable bonds is 3. The van der Waals surface area contributed by atoms with Gasteiger partial charge in [0.2, 0.25) is 0 Å². The van der Waals surface area contributed by atoms with Gasteiger partial charge in [0, 0.05) is 0 Å². The fourth-order valence-electron chi connectivity index (χ4n) is 0.986. The van der Waals surface area contributed by atoms with Crippen LogP contribution in [0.2, 0.25) is 0 Å². The van der Waals surface area contributed by atoms with E-state index in [1.165, 1.54) is 12.1 Å². The minimum absolute atomic E-state index is 0. The van der Waals surface area contributed by atoms with Crippen molar-refractivity contribution in [1.29, 1.82) is 0 Å². The summed E-state index contributed by atoms with van der Waals surface area (Å²) in [6.45, 7) is 0. The fraction of sp³-hybridized carbons (Fsp3) is 0.125. The van der Waals surface area contributed by atoms with Gasteiger partial charge in [-0.2, -0.15) is 0 Å². The number of aliphatic carboxylic acids is 1. The van der Waals surface area contributed by atoms with Crippen molar-refractivity contribution in [2.75, 3.05) is 0 Å². The van der Waals surface area contributed by atoms with E-state index in [4.69, 9.17) is 5.11 Å². The Morgan fingerprint density at radius 2 is 2.00 bits per heavy atom. The van der Waals surface area contributed by atoms with Crippen molar-refractivity contribution in [2.24, 2.45) is 0 Å². The van der Waals surface area contributed by atoms with Gasteiger partial charge in [-0.25, -0.2) is 8.42 Å². The van der Waals surface area contributed by atoms with Gasteiger partial charge >= 0.3 is 35.5 Å². The molecule has 1 aromatic rings. The second kappa shape index (κ2) is 5.62. The fourth-order valence-corrected chi connectivity index (χ4v) is 1.53. The first-order valence-corrected chi connectivity index (χ1v) is 5.07. The third kappa shape index (κ3) is 4.76. The van der Waals surface area contributed by atoms with E-state index in [1.54, 1.807) is 0 Å². The minimum Gasteiger partial charge on any atom is -0.744 e. The van der Waals surface area contributed by atoms with Gasteiger partial charge in [0.1, 0.15) is 10.1 Å². The van der Waals surface area contributed by atoms with E-state index in [2.05, 4.69) is 0 Å². The number of carbonyl (C=O) groups is 1. The first-order valence-electron chi connectivity index (χ1n) is 3.66. The molecule has 0 aliphatic carbocycles. The number of carboxylic acid groups (broad SMARTS) is 1. The average Bonchev–Trinajstić information content (AvgIpc) is 2.01. The Labute approximate surface area is 109 Å². The predicted molar refractivity (Wildman–Crippen MR) is 45.7 cm³/mol. The second-order valence-corrected chi connectivity index (χ2v) is 4.05. The van der Waals surface area contributed by atoms with Gasteiger partial charge in [0.25, 0.3) is 0 Å². The largest absolute Gasteiger partial charge is 1.00 e. The normalized spacial score (nSPS) is 10.5. The van der Waals surface area contributed by atoms with Crippen LogP contribution < -0.4 is 29.6 Å². The molecular formula is C8H7NaO5S. The van der Waals surface area contributed by atoms with Gasteiger partial charge in [0.15, 0.2) is 0 Å². The first-order chi connectivity index (χ1) is 6.39. The summed E-state index contributed by atoms with van der Waals surface area (Å²) >= 11 is 0. The molecule has 7 heteroatoms. The summed E-state index contributed by atoms with van der Waals surface area (Å²) in [4.78, 5) is 9.90. The minimum atomic E-state index is -4.50. The molecule has 1 aromatic carbocycles. The van der Waals surface area contributed by atoms with E-state index in [-0.39, 0.29) is 41.5 Å². The van der Waals surface area contributed by atoms with E-state index in [1.807, 2.05) is 0 Å². The van der Waals surface area contributed by atoms with Crippen LogP contribution in [0, 0.1) is 0 Å². The maximum absolute atomic E-state index is 10.6. The van der Waals surface area contributed by atoms with Crippen LogP contribution in [0.4, 0.5) is 0 Å². The summed E-state index contributed by atoms with van der Waals surface area (Å²) < 4.78 is 31.7. The summed E-state index contributed by atoms with van der Waals surface area (Å²) in [5.74, 6) is -1.08. The monoisotopic (exact) mass is 238 g/mol. The Kier molecular flexibility index (Phi) is 5.47. The topological polar surface area (TPSA) is 94.5 Å². The predicted octanol–water partition coefficient (Wildman–Crippen LogP) is -2.78. The third-order valence-electron chi connectivity index (χ3n) is 1.54. The zero-order chi connectivity index (χ0) is 10.8. The smallest absolute Gasteiger partial charge is 0.744 e. The van der Waals surface area contributed by atoms with Crippen molar-refractivity contribution in [3.05, 3.63) is 29.8 Å². The standard InChI is InChI=1S/C8H8O5S.Na/c9-8(10)5-6-2-1-3-7(4-6)14(11,12)13;/h1-4H,5H2,(H,9,10)(H,11,12,13);/q;+1/p-1. The Hall–Kier alpha value is -0.400. The van der Waals surface area contributed by atoms with E-state index in [0.717, 1.165) is 12.1 Å². The molecule has 0 aliphatic heterocycles. The molecule has 1 N–H and O–H groups in total. The first kappa shape index (κ1) is 14.6. The van der Waals surface area contributed by atoms with Gasteiger partial charge in [-0.1, -0.05) is 12.1 Å². The quantitative estimate of drug-likeness (QED) is 0.454. The number of hydrogen-bond donors (Lipinski definition) is 1. The molecule has 15 heavy (non-hydrogen) atoms. The molecule has 0 unspecified atom stereocenters. The van der Waals surface area contributed by atoms with Crippen LogP contribution >= 0.6 is 0 Å². The Bertz CT molecular complexity index is 454. The molecule has 0 aliphatic rings. The van der Waals surface area contributed by atoms with Crippen LogP contribution in [0.1, 0.15) is 5.56 Å². The molecule has 0 saturated heterocycles. The van der Waals surface area contributed by atoms with Crippen LogP contribution in [0.3, 0.4) is 0 Å². The Balaban J connectivity index is 0.00000196. The van der Waals surface area contributed by atoms with Crippen LogP contribution in [0.5, 0.6) is 0 Å². The third-order valence-corrected chi connectivity index (χ3v) is 2.37. The summed E-state index contributed by atoms with van der Waals surface area (Å²) in [5, 5.41) is 8.43. The van der Waals surface area contributed by atoms with Crippen molar-refractivity contribution < 1.29 is 52.4 Å². The van der Waals surface area contributed by atoms with Crippen LogP contribution in [0.25, 0.3) is 0 Å². The van der Waals surface area contributed by atoms with E-state index >= 15 is 0 Å². The van der Waals surface area contributed by atoms with Crippen molar-refractivity contribution in [3.63, 3.8) is 0 Å². The van der Waals surface area contributed by atoms with Gasteiger partial charge in [0.05, 0.1) is 11.3 Å². The maximum Gasteiger partial charge on any atom is 1.00 e. The molecular weight excluding hydrogens is 231 g/mol. The molecule has 0 spiro atoms. The Morgan fingerprint density at radius 1 is 1.40 bits per heavy atom. The van der Waals surface area contributed by atoms with Crippen molar-refractivity contribution in [1.82, 2.24) is 0 Å². The van der Waals surface area contributed by atoms with Crippen molar-refractivity contribution in [2.45, 2.75) is 11.3 Å². The molecule has 0 heterocycles. The summed E-state index contributed by atoms with van der Waals surface area (Å²) in [7, 11) is -4.50. The van der Waals surface area contributed by atoms with Crippen LogP contribution in [-0.2, 0) is 21.3 Å². The van der Waals surface area contributed by atoms with E-state index in [0.29, 0.717) is 0 Å². The SMILES string of the molecule is O=C(O)Cc1cccc(S(=O)(=O)[O-])c1.[Na+]. The summed E-state index contributed by atoms with van der Waals surface area (Å²) in [5.41, 5.74) is 0.287. The van der Waals surface area contributed by atoms with E-state index in [9.17, 15) is 17.8 Å². The molecule has 0 saturated carbocycles. The summed E-state index contributed by atoms with van der Waals surface area (Å²) in [6.07, 6.45) is -0.302. The van der Waals surface area contributed by atoms with Gasteiger partial charge in [-0.3, -0.25) is 4.79 Å². The molecule has 0 radical (unpaired) electrons. The molecule has 76 valence electrons. The van der Waals surface area contributed by atoms with Crippen molar-refractivity contribution in [3.8, 4) is 0 Å². The average molecular weight is 238 g/mol. The van der Waals surface area contributed by atoms with Crippen LogP contribution in [0.15, 0.2) is 29.2 Å². The number of carboxylic acids is 1. The molecule has 0 atom stereocenters. The maximum atomic E-state index is 10.6. The molecule has 0 bridgehead atoms. The second-order valence-electron chi connectivity index (χ2n) is 2.67. The number of hydrogen-bond acceptors (Lipinski definition) is 4. The van der Waals surface area contributed by atoms with Gasteiger partial charge in [-0.05, 0) is 17.7 Å². The van der Waals surface area contributed by atoms with Gasteiger partial charge in [-0.15, -0.1) is 0 Å². The summed E-state index contributed by atoms with van der Waals surface area (Å²) in [6, 6.07) is 4.98. The van der Waals surface area contributed by atoms with Crippen LogP contribution in [-0.4, -0.2) is 24.0 Å². The molecule has 5 nitrogen and oxygen atoms in total. The molecule has 1 rings (SSSR count). The zero-order valence-corrected chi connectivity index (χ0v) is 10.8. The molecule has 0 fully saturated rings. The molecule has 0 aromatic heterocycles. The molecule has 0 amide bonds. The Morgan fingerprint density at radius 3 is 2.47 bits per heavy atom.